The van der Waals surface area contributed by atoms with Crippen molar-refractivity contribution in [3.05, 3.63) is 42.5 Å². The summed E-state index contributed by atoms with van der Waals surface area (Å²) in [7, 11) is 0. The van der Waals surface area contributed by atoms with Gasteiger partial charge in [0.15, 0.2) is 17.8 Å². The van der Waals surface area contributed by atoms with Crippen LogP contribution in [0.25, 0.3) is 22.4 Å². The molecular formula is C12H7NO3. The van der Waals surface area contributed by atoms with Crippen molar-refractivity contribution >= 4 is 17.3 Å². The molecule has 0 saturated heterocycles. The van der Waals surface area contributed by atoms with E-state index in [2.05, 4.69) is 4.98 Å². The second-order valence-electron chi connectivity index (χ2n) is 3.32. The summed E-state index contributed by atoms with van der Waals surface area (Å²) in [6, 6.07) is 6.98. The van der Waals surface area contributed by atoms with Crippen molar-refractivity contribution in [1.82, 2.24) is 4.98 Å². The average molecular weight is 213 g/mol. The molecule has 3 heterocycles. The summed E-state index contributed by atoms with van der Waals surface area (Å²) >= 11 is 0. The zero-order valence-electron chi connectivity index (χ0n) is 8.21. The molecule has 0 fully saturated rings. The standard InChI is InChI=1S/C12H7NO3/c14-7-8-6-9-10(16-8)3-4-13-12(9)11-2-1-5-15-11/h1-7H. The Labute approximate surface area is 90.5 Å². The molecule has 78 valence electrons. The van der Waals surface area contributed by atoms with Gasteiger partial charge in [-0.1, -0.05) is 0 Å². The first-order chi connectivity index (χ1) is 7.88. The van der Waals surface area contributed by atoms with E-state index in [1.165, 1.54) is 0 Å². The molecule has 0 unspecified atom stereocenters. The van der Waals surface area contributed by atoms with Crippen LogP contribution in [0.2, 0.25) is 0 Å². The minimum Gasteiger partial charge on any atom is -0.463 e. The van der Waals surface area contributed by atoms with Crippen LogP contribution < -0.4 is 0 Å². The van der Waals surface area contributed by atoms with E-state index in [0.717, 1.165) is 5.39 Å². The maximum absolute atomic E-state index is 10.6. The Morgan fingerprint density at radius 2 is 2.25 bits per heavy atom. The molecule has 0 radical (unpaired) electrons. The molecule has 0 N–H and O–H groups in total. The van der Waals surface area contributed by atoms with E-state index in [1.807, 2.05) is 6.07 Å². The van der Waals surface area contributed by atoms with E-state index < -0.39 is 0 Å². The molecule has 4 nitrogen and oxygen atoms in total. The highest BCUT2D eigenvalue weighted by molar-refractivity contribution is 5.93. The van der Waals surface area contributed by atoms with Crippen molar-refractivity contribution in [2.45, 2.75) is 0 Å². The van der Waals surface area contributed by atoms with Crippen molar-refractivity contribution in [3.63, 3.8) is 0 Å². The largest absolute Gasteiger partial charge is 0.463 e. The molecular weight excluding hydrogens is 206 g/mol. The molecule has 3 rings (SSSR count). The van der Waals surface area contributed by atoms with Gasteiger partial charge in [-0.05, 0) is 24.3 Å². The summed E-state index contributed by atoms with van der Waals surface area (Å²) < 4.78 is 10.6. The third-order valence-electron chi connectivity index (χ3n) is 2.34. The molecule has 0 bridgehead atoms. The molecule has 3 aromatic rings. The second kappa shape index (κ2) is 3.34. The smallest absolute Gasteiger partial charge is 0.185 e. The van der Waals surface area contributed by atoms with E-state index in [0.29, 0.717) is 23.3 Å². The number of rotatable bonds is 2. The number of furan rings is 2. The fourth-order valence-electron chi connectivity index (χ4n) is 1.65. The summed E-state index contributed by atoms with van der Waals surface area (Å²) in [6.07, 6.45) is 3.88. The first kappa shape index (κ1) is 8.91. The van der Waals surface area contributed by atoms with Gasteiger partial charge >= 0.3 is 0 Å². The molecule has 16 heavy (non-hydrogen) atoms. The average Bonchev–Trinajstić information content (AvgIpc) is 2.97. The summed E-state index contributed by atoms with van der Waals surface area (Å²) in [5, 5.41) is 0.777. The molecule has 0 saturated carbocycles. The molecule has 0 aliphatic rings. The first-order valence-corrected chi connectivity index (χ1v) is 4.76. The number of aldehydes is 1. The maximum atomic E-state index is 10.6. The predicted octanol–water partition coefficient (Wildman–Crippen LogP) is 2.90. The Hall–Kier alpha value is -2.36. The van der Waals surface area contributed by atoms with Gasteiger partial charge in [-0.15, -0.1) is 0 Å². The molecule has 0 aromatic carbocycles. The topological polar surface area (TPSA) is 56.2 Å². The number of hydrogen-bond acceptors (Lipinski definition) is 4. The van der Waals surface area contributed by atoms with Gasteiger partial charge in [0.05, 0.1) is 11.6 Å². The van der Waals surface area contributed by atoms with E-state index >= 15 is 0 Å². The Balaban J connectivity index is 2.32. The van der Waals surface area contributed by atoms with Crippen molar-refractivity contribution in [1.29, 1.82) is 0 Å². The van der Waals surface area contributed by atoms with Crippen LogP contribution in [0, 0.1) is 0 Å². The quantitative estimate of drug-likeness (QED) is 0.614. The van der Waals surface area contributed by atoms with Crippen LogP contribution in [0.5, 0.6) is 0 Å². The Morgan fingerprint density at radius 1 is 1.31 bits per heavy atom. The number of carbonyl (C=O) groups is 1. The summed E-state index contributed by atoms with van der Waals surface area (Å²) in [5.41, 5.74) is 1.31. The van der Waals surface area contributed by atoms with Crippen LogP contribution in [0.1, 0.15) is 10.6 Å². The number of carbonyl (C=O) groups excluding carboxylic acids is 1. The maximum Gasteiger partial charge on any atom is 0.185 e. The minimum absolute atomic E-state index is 0.288. The van der Waals surface area contributed by atoms with Crippen LogP contribution in [0.15, 0.2) is 45.6 Å². The van der Waals surface area contributed by atoms with E-state index in [-0.39, 0.29) is 5.76 Å². The number of nitrogens with zero attached hydrogens (tertiary/aromatic N) is 1. The predicted molar refractivity (Wildman–Crippen MR) is 57.1 cm³/mol. The SMILES string of the molecule is O=Cc1cc2c(-c3ccco3)nccc2o1. The monoisotopic (exact) mass is 213 g/mol. The van der Waals surface area contributed by atoms with Crippen LogP contribution in [-0.2, 0) is 0 Å². The van der Waals surface area contributed by atoms with E-state index in [1.54, 1.807) is 30.7 Å². The molecule has 3 aromatic heterocycles. The number of pyridine rings is 1. The lowest BCUT2D eigenvalue weighted by Crippen LogP contribution is -1.80. The Bertz CT molecular complexity index is 637. The minimum atomic E-state index is 0.288. The van der Waals surface area contributed by atoms with Crippen molar-refractivity contribution in [3.8, 4) is 11.5 Å². The van der Waals surface area contributed by atoms with Crippen molar-refractivity contribution in [2.75, 3.05) is 0 Å². The molecule has 0 atom stereocenters. The van der Waals surface area contributed by atoms with Gasteiger partial charge in [0.2, 0.25) is 0 Å². The van der Waals surface area contributed by atoms with Gasteiger partial charge in [-0.3, -0.25) is 9.78 Å². The van der Waals surface area contributed by atoms with Crippen LogP contribution in [-0.4, -0.2) is 11.3 Å². The second-order valence-corrected chi connectivity index (χ2v) is 3.32. The Kier molecular flexibility index (Phi) is 1.86. The van der Waals surface area contributed by atoms with Gasteiger partial charge < -0.3 is 8.83 Å². The zero-order chi connectivity index (χ0) is 11.0. The summed E-state index contributed by atoms with van der Waals surface area (Å²) in [5.74, 6) is 0.944. The van der Waals surface area contributed by atoms with Gasteiger partial charge in [-0.25, -0.2) is 0 Å². The molecule has 0 aliphatic heterocycles. The van der Waals surface area contributed by atoms with Gasteiger partial charge in [0, 0.05) is 6.20 Å². The summed E-state index contributed by atoms with van der Waals surface area (Å²) in [4.78, 5) is 14.9. The van der Waals surface area contributed by atoms with Crippen molar-refractivity contribution < 1.29 is 13.6 Å². The van der Waals surface area contributed by atoms with Gasteiger partial charge in [0.25, 0.3) is 0 Å². The first-order valence-electron chi connectivity index (χ1n) is 4.76. The van der Waals surface area contributed by atoms with Crippen LogP contribution in [0.3, 0.4) is 0 Å². The lowest BCUT2D eigenvalue weighted by Gasteiger charge is -1.95. The highest BCUT2D eigenvalue weighted by Crippen LogP contribution is 2.28. The zero-order valence-corrected chi connectivity index (χ0v) is 8.21. The van der Waals surface area contributed by atoms with Gasteiger partial charge in [0.1, 0.15) is 11.3 Å². The van der Waals surface area contributed by atoms with Crippen molar-refractivity contribution in [2.24, 2.45) is 0 Å². The third-order valence-corrected chi connectivity index (χ3v) is 2.34. The fourth-order valence-corrected chi connectivity index (χ4v) is 1.65. The van der Waals surface area contributed by atoms with Crippen LogP contribution >= 0.6 is 0 Å². The van der Waals surface area contributed by atoms with Gasteiger partial charge in [-0.2, -0.15) is 0 Å². The number of fused-ring (bicyclic) bond motifs is 1. The highest BCUT2D eigenvalue weighted by Gasteiger charge is 2.11. The Morgan fingerprint density at radius 3 is 3.00 bits per heavy atom. The van der Waals surface area contributed by atoms with E-state index in [9.17, 15) is 4.79 Å². The lowest BCUT2D eigenvalue weighted by atomic mass is 10.2. The molecule has 0 amide bonds. The molecule has 4 heteroatoms. The van der Waals surface area contributed by atoms with Crippen LogP contribution in [0.4, 0.5) is 0 Å². The molecule has 0 aliphatic carbocycles. The molecule has 0 spiro atoms. The van der Waals surface area contributed by atoms with E-state index in [4.69, 9.17) is 8.83 Å². The number of aromatic nitrogens is 1. The lowest BCUT2D eigenvalue weighted by molar-refractivity contribution is 0.110. The highest BCUT2D eigenvalue weighted by atomic mass is 16.3. The normalized spacial score (nSPS) is 10.8. The fraction of sp³-hybridized carbons (Fsp3) is 0. The summed E-state index contributed by atoms with van der Waals surface area (Å²) in [6.45, 7) is 0. The number of hydrogen-bond donors (Lipinski definition) is 0. The third kappa shape index (κ3) is 1.24.